The molecule has 0 spiro atoms. The molecule has 0 saturated carbocycles. The van der Waals surface area contributed by atoms with Gasteiger partial charge in [-0.15, -0.1) is 0 Å². The summed E-state index contributed by atoms with van der Waals surface area (Å²) in [4.78, 5) is 12.0. The van der Waals surface area contributed by atoms with E-state index in [9.17, 15) is 9.90 Å². The standard InChI is InChI=1S/C13H18N2O2S/c1-8-3-4-10(9(2)12(8)16)15-13(17)11-7-18-6-5-14-11/h3-4,11,14,16H,5-7H2,1-2H3,(H,15,17). The van der Waals surface area contributed by atoms with Crippen LogP contribution in [0.4, 0.5) is 5.69 Å². The first-order valence-corrected chi connectivity index (χ1v) is 7.16. The summed E-state index contributed by atoms with van der Waals surface area (Å²) < 4.78 is 0. The maximum absolute atomic E-state index is 12.0. The molecule has 0 bridgehead atoms. The van der Waals surface area contributed by atoms with Crippen LogP contribution in [0.5, 0.6) is 5.75 Å². The Bertz CT molecular complexity index is 457. The van der Waals surface area contributed by atoms with Gasteiger partial charge in [0, 0.05) is 29.3 Å². The van der Waals surface area contributed by atoms with Gasteiger partial charge in [-0.1, -0.05) is 6.07 Å². The highest BCUT2D eigenvalue weighted by atomic mass is 32.2. The summed E-state index contributed by atoms with van der Waals surface area (Å²) in [6, 6.07) is 3.49. The quantitative estimate of drug-likeness (QED) is 0.762. The maximum Gasteiger partial charge on any atom is 0.242 e. The summed E-state index contributed by atoms with van der Waals surface area (Å²) in [7, 11) is 0. The number of anilines is 1. The maximum atomic E-state index is 12.0. The van der Waals surface area contributed by atoms with Crippen LogP contribution < -0.4 is 10.6 Å². The fraction of sp³-hybridized carbons (Fsp3) is 0.462. The third-order valence-electron chi connectivity index (χ3n) is 3.13. The molecule has 0 aliphatic carbocycles. The second-order valence-electron chi connectivity index (χ2n) is 4.47. The van der Waals surface area contributed by atoms with Crippen LogP contribution in [0.1, 0.15) is 11.1 Å². The van der Waals surface area contributed by atoms with E-state index in [4.69, 9.17) is 0 Å². The van der Waals surface area contributed by atoms with E-state index in [2.05, 4.69) is 10.6 Å². The van der Waals surface area contributed by atoms with E-state index >= 15 is 0 Å². The Morgan fingerprint density at radius 1 is 1.50 bits per heavy atom. The highest BCUT2D eigenvalue weighted by Gasteiger charge is 2.21. The Balaban J connectivity index is 2.09. The van der Waals surface area contributed by atoms with Crippen molar-refractivity contribution in [1.29, 1.82) is 0 Å². The molecule has 1 aromatic rings. The van der Waals surface area contributed by atoms with Gasteiger partial charge in [-0.2, -0.15) is 11.8 Å². The summed E-state index contributed by atoms with van der Waals surface area (Å²) >= 11 is 1.78. The van der Waals surface area contributed by atoms with Crippen molar-refractivity contribution in [1.82, 2.24) is 5.32 Å². The number of hydrogen-bond acceptors (Lipinski definition) is 4. The number of aromatic hydroxyl groups is 1. The van der Waals surface area contributed by atoms with Crippen molar-refractivity contribution < 1.29 is 9.90 Å². The van der Waals surface area contributed by atoms with Gasteiger partial charge in [-0.25, -0.2) is 0 Å². The Kier molecular flexibility index (Phi) is 4.14. The minimum Gasteiger partial charge on any atom is -0.507 e. The van der Waals surface area contributed by atoms with Crippen molar-refractivity contribution in [2.24, 2.45) is 0 Å². The average molecular weight is 266 g/mol. The predicted octanol–water partition coefficient (Wildman–Crippen LogP) is 1.65. The number of phenolic OH excluding ortho intramolecular Hbond substituents is 1. The number of aryl methyl sites for hydroxylation is 1. The third-order valence-corrected chi connectivity index (χ3v) is 4.19. The number of rotatable bonds is 2. The molecule has 0 aromatic heterocycles. The second-order valence-corrected chi connectivity index (χ2v) is 5.62. The highest BCUT2D eigenvalue weighted by molar-refractivity contribution is 7.99. The molecule has 1 fully saturated rings. The molecule has 18 heavy (non-hydrogen) atoms. The Hall–Kier alpha value is -1.20. The monoisotopic (exact) mass is 266 g/mol. The molecular formula is C13H18N2O2S. The second kappa shape index (κ2) is 5.63. The topological polar surface area (TPSA) is 61.4 Å². The van der Waals surface area contributed by atoms with Crippen molar-refractivity contribution in [3.05, 3.63) is 23.3 Å². The summed E-state index contributed by atoms with van der Waals surface area (Å²) in [6.07, 6.45) is 0. The molecule has 2 rings (SSSR count). The number of nitrogens with one attached hydrogen (secondary N) is 2. The van der Waals surface area contributed by atoms with Crippen molar-refractivity contribution >= 4 is 23.4 Å². The number of amides is 1. The molecule has 3 N–H and O–H groups in total. The van der Waals surface area contributed by atoms with Crippen LogP contribution in [0.25, 0.3) is 0 Å². The number of phenols is 1. The van der Waals surface area contributed by atoms with E-state index in [0.29, 0.717) is 11.3 Å². The SMILES string of the molecule is Cc1ccc(NC(=O)C2CSCCN2)c(C)c1O. The molecule has 0 radical (unpaired) electrons. The van der Waals surface area contributed by atoms with E-state index in [1.54, 1.807) is 24.8 Å². The van der Waals surface area contributed by atoms with Gasteiger partial charge in [0.25, 0.3) is 0 Å². The van der Waals surface area contributed by atoms with Gasteiger partial charge in [0.15, 0.2) is 0 Å². The zero-order chi connectivity index (χ0) is 13.1. The minimum absolute atomic E-state index is 0.0337. The van der Waals surface area contributed by atoms with Crippen LogP contribution in [-0.4, -0.2) is 35.1 Å². The first kappa shape index (κ1) is 13.2. The van der Waals surface area contributed by atoms with Crippen LogP contribution >= 0.6 is 11.8 Å². The lowest BCUT2D eigenvalue weighted by atomic mass is 10.1. The number of hydrogen-bond donors (Lipinski definition) is 3. The summed E-state index contributed by atoms with van der Waals surface area (Å²) in [5.41, 5.74) is 2.21. The molecule has 5 heteroatoms. The lowest BCUT2D eigenvalue weighted by Crippen LogP contribution is -2.46. The molecule has 1 atom stereocenters. The summed E-state index contributed by atoms with van der Waals surface area (Å²) in [5, 5.41) is 15.9. The first-order valence-electron chi connectivity index (χ1n) is 6.00. The van der Waals surface area contributed by atoms with Crippen molar-refractivity contribution in [3.8, 4) is 5.75 Å². The fourth-order valence-electron chi connectivity index (χ4n) is 1.92. The number of benzene rings is 1. The van der Waals surface area contributed by atoms with Gasteiger partial charge in [0.2, 0.25) is 5.91 Å². The van der Waals surface area contributed by atoms with Crippen LogP contribution in [0.2, 0.25) is 0 Å². The zero-order valence-electron chi connectivity index (χ0n) is 10.6. The molecule has 1 saturated heterocycles. The number of carbonyl (C=O) groups excluding carboxylic acids is 1. The van der Waals surface area contributed by atoms with Gasteiger partial charge in [-0.3, -0.25) is 4.79 Å². The number of carbonyl (C=O) groups is 1. The van der Waals surface area contributed by atoms with E-state index < -0.39 is 0 Å². The van der Waals surface area contributed by atoms with Gasteiger partial charge in [-0.05, 0) is 25.5 Å². The van der Waals surface area contributed by atoms with Crippen LogP contribution in [0, 0.1) is 13.8 Å². The predicted molar refractivity (Wildman–Crippen MR) is 75.3 cm³/mol. The van der Waals surface area contributed by atoms with Crippen molar-refractivity contribution in [3.63, 3.8) is 0 Å². The smallest absolute Gasteiger partial charge is 0.242 e. The van der Waals surface area contributed by atoms with Crippen LogP contribution in [0.15, 0.2) is 12.1 Å². The Labute approximate surface area is 111 Å². The molecule has 1 unspecified atom stereocenters. The van der Waals surface area contributed by atoms with Crippen molar-refractivity contribution in [2.75, 3.05) is 23.4 Å². The minimum atomic E-state index is -0.147. The summed E-state index contributed by atoms with van der Waals surface area (Å²) in [5.74, 6) is 2.06. The molecule has 1 aliphatic rings. The summed E-state index contributed by atoms with van der Waals surface area (Å²) in [6.45, 7) is 4.51. The van der Waals surface area contributed by atoms with Gasteiger partial charge >= 0.3 is 0 Å². The van der Waals surface area contributed by atoms with Crippen molar-refractivity contribution in [2.45, 2.75) is 19.9 Å². The zero-order valence-corrected chi connectivity index (χ0v) is 11.4. The Morgan fingerprint density at radius 2 is 2.28 bits per heavy atom. The van der Waals surface area contributed by atoms with E-state index in [0.717, 1.165) is 23.6 Å². The van der Waals surface area contributed by atoms with Gasteiger partial charge < -0.3 is 15.7 Å². The number of thioether (sulfide) groups is 1. The average Bonchev–Trinajstić information content (AvgIpc) is 2.40. The molecule has 4 nitrogen and oxygen atoms in total. The van der Waals surface area contributed by atoms with E-state index in [1.165, 1.54) is 0 Å². The molecule has 1 amide bonds. The van der Waals surface area contributed by atoms with Gasteiger partial charge in [0.05, 0.1) is 6.04 Å². The lowest BCUT2D eigenvalue weighted by molar-refractivity contribution is -0.117. The van der Waals surface area contributed by atoms with E-state index in [-0.39, 0.29) is 17.7 Å². The molecule has 98 valence electrons. The normalized spacial score (nSPS) is 19.6. The lowest BCUT2D eigenvalue weighted by Gasteiger charge is -2.22. The largest absolute Gasteiger partial charge is 0.507 e. The Morgan fingerprint density at radius 3 is 2.94 bits per heavy atom. The third kappa shape index (κ3) is 2.79. The highest BCUT2D eigenvalue weighted by Crippen LogP contribution is 2.28. The van der Waals surface area contributed by atoms with Crippen LogP contribution in [0.3, 0.4) is 0 Å². The van der Waals surface area contributed by atoms with Crippen LogP contribution in [-0.2, 0) is 4.79 Å². The molecule has 1 aliphatic heterocycles. The van der Waals surface area contributed by atoms with E-state index in [1.807, 2.05) is 13.0 Å². The fourth-order valence-corrected chi connectivity index (χ4v) is 2.86. The molecule has 1 heterocycles. The van der Waals surface area contributed by atoms with Gasteiger partial charge in [0.1, 0.15) is 5.75 Å². The molecular weight excluding hydrogens is 248 g/mol. The first-order chi connectivity index (χ1) is 8.59. The molecule has 1 aromatic carbocycles.